The van der Waals surface area contributed by atoms with Crippen molar-refractivity contribution in [1.29, 1.82) is 0 Å². The van der Waals surface area contributed by atoms with E-state index in [1.54, 1.807) is 19.1 Å². The smallest absolute Gasteiger partial charge is 0.265 e. The number of amides is 1. The van der Waals surface area contributed by atoms with Crippen LogP contribution in [0.1, 0.15) is 22.6 Å². The van der Waals surface area contributed by atoms with Crippen molar-refractivity contribution in [2.24, 2.45) is 0 Å². The number of nitrogens with one attached hydrogen (secondary N) is 1. The van der Waals surface area contributed by atoms with Gasteiger partial charge in [0.25, 0.3) is 5.91 Å². The molecule has 0 bridgehead atoms. The van der Waals surface area contributed by atoms with Gasteiger partial charge in [-0.3, -0.25) is 4.79 Å². The zero-order chi connectivity index (χ0) is 17.8. The van der Waals surface area contributed by atoms with E-state index in [2.05, 4.69) is 11.4 Å². The first-order valence-corrected chi connectivity index (χ1v) is 10.6. The van der Waals surface area contributed by atoms with E-state index in [1.807, 2.05) is 54.7 Å². The lowest BCUT2D eigenvalue weighted by Gasteiger charge is -2.17. The normalized spacial score (nSPS) is 15.8. The monoisotopic (exact) mass is 393 g/mol. The minimum Gasteiger partial charge on any atom is -0.481 e. The number of carbonyl (C=O) groups is 1. The van der Waals surface area contributed by atoms with Gasteiger partial charge in [-0.05, 0) is 55.3 Å². The number of halogens is 1. The number of rotatable bonds is 5. The van der Waals surface area contributed by atoms with Crippen molar-refractivity contribution >= 4 is 46.7 Å². The Hall–Kier alpha value is -1.30. The van der Waals surface area contributed by atoms with E-state index in [9.17, 15) is 4.79 Å². The van der Waals surface area contributed by atoms with E-state index < -0.39 is 6.10 Å². The number of anilines is 1. The number of aryl methyl sites for hydroxylation is 1. The highest BCUT2D eigenvalue weighted by Gasteiger charge is 2.20. The van der Waals surface area contributed by atoms with Crippen molar-refractivity contribution in [2.75, 3.05) is 16.8 Å². The van der Waals surface area contributed by atoms with Crippen LogP contribution in [0, 0.1) is 6.92 Å². The van der Waals surface area contributed by atoms with Crippen molar-refractivity contribution < 1.29 is 9.53 Å². The molecule has 1 aliphatic rings. The van der Waals surface area contributed by atoms with Crippen molar-refractivity contribution in [3.63, 3.8) is 0 Å². The quantitative estimate of drug-likeness (QED) is 0.724. The summed E-state index contributed by atoms with van der Waals surface area (Å²) in [5, 5.41) is 3.60. The first-order chi connectivity index (χ1) is 12.0. The molecule has 25 heavy (non-hydrogen) atoms. The van der Waals surface area contributed by atoms with Crippen LogP contribution < -0.4 is 10.1 Å². The van der Waals surface area contributed by atoms with Gasteiger partial charge in [-0.1, -0.05) is 23.7 Å². The predicted molar refractivity (Wildman–Crippen MR) is 109 cm³/mol. The molecular weight excluding hydrogens is 374 g/mol. The molecule has 0 spiro atoms. The van der Waals surface area contributed by atoms with Crippen molar-refractivity contribution in [3.05, 3.63) is 58.6 Å². The fourth-order valence-corrected chi connectivity index (χ4v) is 5.61. The van der Waals surface area contributed by atoms with Gasteiger partial charge in [-0.25, -0.2) is 0 Å². The second kappa shape index (κ2) is 8.39. The van der Waals surface area contributed by atoms with Crippen LogP contribution in [0.4, 0.5) is 5.69 Å². The maximum absolute atomic E-state index is 12.5. The Balaban J connectivity index is 1.64. The number of carbonyl (C=O) groups excluding carboxylic acids is 1. The molecule has 3 rings (SSSR count). The lowest BCUT2D eigenvalue weighted by atomic mass is 10.2. The van der Waals surface area contributed by atoms with Gasteiger partial charge < -0.3 is 10.1 Å². The second-order valence-electron chi connectivity index (χ2n) is 5.86. The standard InChI is InChI=1S/C19H20ClNO2S2/c1-12-10-15(20)6-7-17(12)23-13(2)18(22)21-16-5-3-4-14(11-16)19-24-8-9-25-19/h3-7,10-11,13,19H,8-9H2,1-2H3,(H,21,22). The van der Waals surface area contributed by atoms with Crippen LogP contribution in [0.15, 0.2) is 42.5 Å². The predicted octanol–water partition coefficient (Wildman–Crippen LogP) is 5.53. The van der Waals surface area contributed by atoms with Gasteiger partial charge in [-0.2, -0.15) is 0 Å². The van der Waals surface area contributed by atoms with Crippen LogP contribution in [0.2, 0.25) is 5.02 Å². The van der Waals surface area contributed by atoms with Crippen LogP contribution in [0.3, 0.4) is 0 Å². The molecule has 1 unspecified atom stereocenters. The Morgan fingerprint density at radius 2 is 2.00 bits per heavy atom. The molecule has 1 fully saturated rings. The highest BCUT2D eigenvalue weighted by Crippen LogP contribution is 2.45. The summed E-state index contributed by atoms with van der Waals surface area (Å²) in [5.41, 5.74) is 2.95. The van der Waals surface area contributed by atoms with Crippen molar-refractivity contribution in [1.82, 2.24) is 0 Å². The molecule has 6 heteroatoms. The zero-order valence-electron chi connectivity index (χ0n) is 14.1. The Kier molecular flexibility index (Phi) is 6.20. The molecule has 1 N–H and O–H groups in total. The van der Waals surface area contributed by atoms with Crippen LogP contribution in [0.25, 0.3) is 0 Å². The van der Waals surface area contributed by atoms with Gasteiger partial charge in [0.15, 0.2) is 6.10 Å². The number of hydrogen-bond acceptors (Lipinski definition) is 4. The highest BCUT2D eigenvalue weighted by molar-refractivity contribution is 8.19. The van der Waals surface area contributed by atoms with E-state index in [0.29, 0.717) is 15.4 Å². The molecule has 2 aromatic carbocycles. The van der Waals surface area contributed by atoms with Crippen LogP contribution in [-0.4, -0.2) is 23.5 Å². The lowest BCUT2D eigenvalue weighted by Crippen LogP contribution is -2.30. The number of ether oxygens (including phenoxy) is 1. The third-order valence-electron chi connectivity index (χ3n) is 3.86. The molecule has 132 valence electrons. The van der Waals surface area contributed by atoms with E-state index in [4.69, 9.17) is 16.3 Å². The molecule has 1 heterocycles. The summed E-state index contributed by atoms with van der Waals surface area (Å²) in [5.74, 6) is 2.85. The summed E-state index contributed by atoms with van der Waals surface area (Å²) in [4.78, 5) is 12.5. The minimum absolute atomic E-state index is 0.168. The fourth-order valence-electron chi connectivity index (χ4n) is 2.55. The van der Waals surface area contributed by atoms with E-state index >= 15 is 0 Å². The van der Waals surface area contributed by atoms with Gasteiger partial charge >= 0.3 is 0 Å². The molecule has 1 saturated heterocycles. The fraction of sp³-hybridized carbons (Fsp3) is 0.316. The molecule has 2 aromatic rings. The third-order valence-corrected chi connectivity index (χ3v) is 7.20. The van der Waals surface area contributed by atoms with Crippen LogP contribution in [-0.2, 0) is 4.79 Å². The lowest BCUT2D eigenvalue weighted by molar-refractivity contribution is -0.122. The Labute approximate surface area is 161 Å². The molecule has 0 radical (unpaired) electrons. The Bertz CT molecular complexity index is 763. The van der Waals surface area contributed by atoms with E-state index in [1.165, 1.54) is 17.1 Å². The summed E-state index contributed by atoms with van der Waals surface area (Å²) < 4.78 is 6.25. The molecule has 0 saturated carbocycles. The average molecular weight is 394 g/mol. The SMILES string of the molecule is Cc1cc(Cl)ccc1OC(C)C(=O)Nc1cccc(C2SCCS2)c1. The van der Waals surface area contributed by atoms with Gasteiger partial charge in [0.05, 0.1) is 4.58 Å². The molecule has 3 nitrogen and oxygen atoms in total. The number of hydrogen-bond donors (Lipinski definition) is 1. The molecule has 1 amide bonds. The highest BCUT2D eigenvalue weighted by atomic mass is 35.5. The van der Waals surface area contributed by atoms with Crippen molar-refractivity contribution in [3.8, 4) is 5.75 Å². The first-order valence-electron chi connectivity index (χ1n) is 8.10. The third kappa shape index (κ3) is 4.87. The van der Waals surface area contributed by atoms with E-state index in [0.717, 1.165) is 11.3 Å². The van der Waals surface area contributed by atoms with Crippen molar-refractivity contribution in [2.45, 2.75) is 24.5 Å². The van der Waals surface area contributed by atoms with Crippen LogP contribution >= 0.6 is 35.1 Å². The van der Waals surface area contributed by atoms with E-state index in [-0.39, 0.29) is 5.91 Å². The maximum atomic E-state index is 12.5. The largest absolute Gasteiger partial charge is 0.481 e. The Morgan fingerprint density at radius 3 is 2.72 bits per heavy atom. The molecule has 0 aliphatic carbocycles. The van der Waals surface area contributed by atoms with Gasteiger partial charge in [0, 0.05) is 22.2 Å². The minimum atomic E-state index is -0.598. The van der Waals surface area contributed by atoms with Gasteiger partial charge in [0.2, 0.25) is 0 Å². The Morgan fingerprint density at radius 1 is 1.24 bits per heavy atom. The average Bonchev–Trinajstić information content (AvgIpc) is 3.12. The summed E-state index contributed by atoms with van der Waals surface area (Å²) in [6.45, 7) is 3.65. The summed E-state index contributed by atoms with van der Waals surface area (Å²) >= 11 is 9.85. The van der Waals surface area contributed by atoms with Crippen LogP contribution in [0.5, 0.6) is 5.75 Å². The summed E-state index contributed by atoms with van der Waals surface area (Å²) in [7, 11) is 0. The molecule has 1 aliphatic heterocycles. The molecular formula is C19H20ClNO2S2. The topological polar surface area (TPSA) is 38.3 Å². The summed E-state index contributed by atoms with van der Waals surface area (Å²) in [6, 6.07) is 13.4. The number of thioether (sulfide) groups is 2. The molecule has 0 aromatic heterocycles. The molecule has 1 atom stereocenters. The number of benzene rings is 2. The van der Waals surface area contributed by atoms with Gasteiger partial charge in [0.1, 0.15) is 5.75 Å². The zero-order valence-corrected chi connectivity index (χ0v) is 16.5. The summed E-state index contributed by atoms with van der Waals surface area (Å²) in [6.07, 6.45) is -0.598. The van der Waals surface area contributed by atoms with Gasteiger partial charge in [-0.15, -0.1) is 23.5 Å². The first kappa shape index (κ1) is 18.5. The maximum Gasteiger partial charge on any atom is 0.265 e. The second-order valence-corrected chi connectivity index (χ2v) is 9.02.